The zero-order valence-electron chi connectivity index (χ0n) is 11.1. The van der Waals surface area contributed by atoms with Gasteiger partial charge in [0.15, 0.2) is 0 Å². The fraction of sp³-hybridized carbons (Fsp3) is 0.429. The van der Waals surface area contributed by atoms with Crippen molar-refractivity contribution in [1.29, 1.82) is 0 Å². The Kier molecular flexibility index (Phi) is 4.95. The third kappa shape index (κ3) is 4.24. The van der Waals surface area contributed by atoms with Gasteiger partial charge >= 0.3 is 6.09 Å². The minimum atomic E-state index is -0.716. The second-order valence-electron chi connectivity index (χ2n) is 4.80. The maximum atomic E-state index is 11.6. The topological polar surface area (TPSA) is 90.7 Å². The Labute approximate surface area is 117 Å². The molecule has 2 rings (SSSR count). The number of primary amides is 1. The Morgan fingerprint density at radius 2 is 2.05 bits per heavy atom. The van der Waals surface area contributed by atoms with Crippen LogP contribution >= 0.6 is 0 Å². The van der Waals surface area contributed by atoms with Gasteiger partial charge in [-0.3, -0.25) is 4.79 Å². The predicted octanol–water partition coefficient (Wildman–Crippen LogP) is 0.803. The minimum Gasteiger partial charge on any atom is -0.445 e. The SMILES string of the molecule is NC(=O)[C@@H](CC1COC1)NC(=O)OCc1ccccc1. The fourth-order valence-electron chi connectivity index (χ4n) is 1.91. The van der Waals surface area contributed by atoms with Gasteiger partial charge < -0.3 is 20.5 Å². The van der Waals surface area contributed by atoms with Crippen LogP contribution in [-0.4, -0.2) is 31.3 Å². The molecule has 0 bridgehead atoms. The van der Waals surface area contributed by atoms with E-state index in [0.29, 0.717) is 19.6 Å². The van der Waals surface area contributed by atoms with E-state index in [1.54, 1.807) is 0 Å². The van der Waals surface area contributed by atoms with Crippen molar-refractivity contribution in [3.63, 3.8) is 0 Å². The molecule has 0 saturated carbocycles. The van der Waals surface area contributed by atoms with Crippen molar-refractivity contribution >= 4 is 12.0 Å². The molecular weight excluding hydrogens is 260 g/mol. The third-order valence-electron chi connectivity index (χ3n) is 3.12. The molecule has 1 aromatic carbocycles. The zero-order valence-corrected chi connectivity index (χ0v) is 11.1. The summed E-state index contributed by atoms with van der Waals surface area (Å²) in [6.45, 7) is 1.36. The highest BCUT2D eigenvalue weighted by atomic mass is 16.5. The lowest BCUT2D eigenvalue weighted by Gasteiger charge is -2.28. The smallest absolute Gasteiger partial charge is 0.408 e. The third-order valence-corrected chi connectivity index (χ3v) is 3.12. The molecule has 2 amide bonds. The molecule has 3 N–H and O–H groups in total. The van der Waals surface area contributed by atoms with Gasteiger partial charge in [0.1, 0.15) is 12.6 Å². The molecule has 1 aliphatic heterocycles. The van der Waals surface area contributed by atoms with E-state index in [4.69, 9.17) is 15.2 Å². The van der Waals surface area contributed by atoms with Crippen molar-refractivity contribution in [2.75, 3.05) is 13.2 Å². The van der Waals surface area contributed by atoms with Gasteiger partial charge in [0.05, 0.1) is 13.2 Å². The number of rotatable bonds is 6. The van der Waals surface area contributed by atoms with Gasteiger partial charge in [0, 0.05) is 5.92 Å². The van der Waals surface area contributed by atoms with Crippen LogP contribution in [0.2, 0.25) is 0 Å². The summed E-state index contributed by atoms with van der Waals surface area (Å²) in [6.07, 6.45) is -0.159. The highest BCUT2D eigenvalue weighted by Crippen LogP contribution is 2.16. The number of benzene rings is 1. The standard InChI is InChI=1S/C14H18N2O4/c15-13(17)12(6-11-7-19-8-11)16-14(18)20-9-10-4-2-1-3-5-10/h1-5,11-12H,6-9H2,(H2,15,17)(H,16,18)/t12-/m1/s1. The molecule has 0 unspecified atom stereocenters. The molecule has 0 aromatic heterocycles. The average molecular weight is 278 g/mol. The summed E-state index contributed by atoms with van der Waals surface area (Å²) >= 11 is 0. The van der Waals surface area contributed by atoms with E-state index in [-0.39, 0.29) is 12.5 Å². The summed E-state index contributed by atoms with van der Waals surface area (Å²) in [5.41, 5.74) is 6.15. The summed E-state index contributed by atoms with van der Waals surface area (Å²) in [6, 6.07) is 8.59. The number of nitrogens with one attached hydrogen (secondary N) is 1. The van der Waals surface area contributed by atoms with E-state index in [1.165, 1.54) is 0 Å². The maximum absolute atomic E-state index is 11.6. The Hall–Kier alpha value is -2.08. The van der Waals surface area contributed by atoms with E-state index < -0.39 is 18.0 Å². The lowest BCUT2D eigenvalue weighted by molar-refractivity contribution is -0.121. The van der Waals surface area contributed by atoms with Crippen LogP contribution in [-0.2, 0) is 20.9 Å². The van der Waals surface area contributed by atoms with Crippen molar-refractivity contribution < 1.29 is 19.1 Å². The Balaban J connectivity index is 1.77. The second-order valence-corrected chi connectivity index (χ2v) is 4.80. The van der Waals surface area contributed by atoms with Crippen molar-refractivity contribution in [2.24, 2.45) is 11.7 Å². The first kappa shape index (κ1) is 14.3. The zero-order chi connectivity index (χ0) is 14.4. The quantitative estimate of drug-likeness (QED) is 0.805. The summed E-state index contributed by atoms with van der Waals surface area (Å²) < 4.78 is 10.1. The number of amides is 2. The van der Waals surface area contributed by atoms with E-state index in [0.717, 1.165) is 5.56 Å². The number of carbonyl (C=O) groups excluding carboxylic acids is 2. The number of nitrogens with two attached hydrogens (primary N) is 1. The number of hydrogen-bond donors (Lipinski definition) is 2. The number of ether oxygens (including phenoxy) is 2. The number of carbonyl (C=O) groups is 2. The summed E-state index contributed by atoms with van der Waals surface area (Å²) in [5.74, 6) is -0.296. The molecule has 1 fully saturated rings. The first-order valence-corrected chi connectivity index (χ1v) is 6.49. The highest BCUT2D eigenvalue weighted by Gasteiger charge is 2.27. The Bertz CT molecular complexity index is 460. The molecule has 6 nitrogen and oxygen atoms in total. The lowest BCUT2D eigenvalue weighted by Crippen LogP contribution is -2.47. The van der Waals surface area contributed by atoms with Gasteiger partial charge in [-0.25, -0.2) is 4.79 Å². The molecule has 1 heterocycles. The van der Waals surface area contributed by atoms with Crippen LogP contribution in [0, 0.1) is 5.92 Å². The molecule has 108 valence electrons. The van der Waals surface area contributed by atoms with Gasteiger partial charge in [-0.2, -0.15) is 0 Å². The van der Waals surface area contributed by atoms with E-state index in [2.05, 4.69) is 5.32 Å². The van der Waals surface area contributed by atoms with Gasteiger partial charge in [-0.15, -0.1) is 0 Å². The lowest BCUT2D eigenvalue weighted by atomic mass is 9.98. The molecule has 20 heavy (non-hydrogen) atoms. The van der Waals surface area contributed by atoms with Crippen LogP contribution in [0.4, 0.5) is 4.79 Å². The first-order valence-electron chi connectivity index (χ1n) is 6.49. The van der Waals surface area contributed by atoms with Crippen LogP contribution in [0.25, 0.3) is 0 Å². The number of hydrogen-bond acceptors (Lipinski definition) is 4. The van der Waals surface area contributed by atoms with Crippen molar-refractivity contribution in [2.45, 2.75) is 19.1 Å². The normalized spacial score (nSPS) is 16.0. The summed E-state index contributed by atoms with van der Waals surface area (Å²) in [5, 5.41) is 2.49. The predicted molar refractivity (Wildman–Crippen MR) is 71.7 cm³/mol. The van der Waals surface area contributed by atoms with Crippen molar-refractivity contribution in [3.05, 3.63) is 35.9 Å². The van der Waals surface area contributed by atoms with E-state index >= 15 is 0 Å². The van der Waals surface area contributed by atoms with Gasteiger partial charge in [-0.05, 0) is 12.0 Å². The van der Waals surface area contributed by atoms with Crippen LogP contribution < -0.4 is 11.1 Å². The second kappa shape index (κ2) is 6.91. The van der Waals surface area contributed by atoms with Crippen molar-refractivity contribution in [1.82, 2.24) is 5.32 Å². The molecule has 0 radical (unpaired) electrons. The molecule has 1 aromatic rings. The fourth-order valence-corrected chi connectivity index (χ4v) is 1.91. The van der Waals surface area contributed by atoms with Gasteiger partial charge in [-0.1, -0.05) is 30.3 Å². The molecule has 0 aliphatic carbocycles. The summed E-state index contributed by atoms with van der Waals surface area (Å²) in [4.78, 5) is 22.9. The summed E-state index contributed by atoms with van der Waals surface area (Å²) in [7, 11) is 0. The molecule has 6 heteroatoms. The molecule has 0 spiro atoms. The maximum Gasteiger partial charge on any atom is 0.408 e. The van der Waals surface area contributed by atoms with Gasteiger partial charge in [0.25, 0.3) is 0 Å². The number of alkyl carbamates (subject to hydrolysis) is 1. The molecular formula is C14H18N2O4. The van der Waals surface area contributed by atoms with E-state index in [9.17, 15) is 9.59 Å². The van der Waals surface area contributed by atoms with E-state index in [1.807, 2.05) is 30.3 Å². The Morgan fingerprint density at radius 3 is 2.60 bits per heavy atom. The average Bonchev–Trinajstić information content (AvgIpc) is 2.40. The minimum absolute atomic E-state index is 0.157. The van der Waals surface area contributed by atoms with Gasteiger partial charge in [0.2, 0.25) is 5.91 Å². The first-order chi connectivity index (χ1) is 9.65. The van der Waals surface area contributed by atoms with Crippen LogP contribution in [0.5, 0.6) is 0 Å². The molecule has 1 saturated heterocycles. The monoisotopic (exact) mass is 278 g/mol. The van der Waals surface area contributed by atoms with Crippen LogP contribution in [0.3, 0.4) is 0 Å². The molecule has 1 aliphatic rings. The Morgan fingerprint density at radius 1 is 1.35 bits per heavy atom. The molecule has 1 atom stereocenters. The van der Waals surface area contributed by atoms with Crippen molar-refractivity contribution in [3.8, 4) is 0 Å². The van der Waals surface area contributed by atoms with Crippen LogP contribution in [0.15, 0.2) is 30.3 Å². The highest BCUT2D eigenvalue weighted by molar-refractivity contribution is 5.84. The van der Waals surface area contributed by atoms with Crippen LogP contribution in [0.1, 0.15) is 12.0 Å². The largest absolute Gasteiger partial charge is 0.445 e.